The first-order valence-corrected chi connectivity index (χ1v) is 14.1. The Balaban J connectivity index is 1.55. The number of carbonyl (C=O) groups is 3. The van der Waals surface area contributed by atoms with Crippen molar-refractivity contribution >= 4 is 39.5 Å². The van der Waals surface area contributed by atoms with E-state index in [4.69, 9.17) is 11.1 Å². The van der Waals surface area contributed by atoms with E-state index in [1.165, 1.54) is 12.1 Å². The smallest absolute Gasteiger partial charge is 0.326 e. The maximum Gasteiger partial charge on any atom is 0.326 e. The molecule has 2 amide bonds. The molecule has 1 aliphatic heterocycles. The monoisotopic (exact) mass is 558 g/mol. The lowest BCUT2D eigenvalue weighted by Crippen LogP contribution is -2.51. The van der Waals surface area contributed by atoms with Crippen molar-refractivity contribution in [1.82, 2.24) is 14.9 Å². The average molecular weight is 559 g/mol. The van der Waals surface area contributed by atoms with Gasteiger partial charge in [0, 0.05) is 31.6 Å². The Labute approximate surface area is 227 Å². The molecule has 2 atom stereocenters. The van der Waals surface area contributed by atoms with Gasteiger partial charge >= 0.3 is 5.97 Å². The summed E-state index contributed by atoms with van der Waals surface area (Å²) >= 11 is 0. The molecule has 0 bridgehead atoms. The molecule has 7 N–H and O–H groups in total. The van der Waals surface area contributed by atoms with Crippen molar-refractivity contribution < 1.29 is 27.9 Å². The molecule has 0 aliphatic carbocycles. The minimum atomic E-state index is -3.90. The van der Waals surface area contributed by atoms with Crippen LogP contribution in [0.4, 0.5) is 5.69 Å². The van der Waals surface area contributed by atoms with Crippen LogP contribution in [-0.2, 0) is 30.8 Å². The van der Waals surface area contributed by atoms with Crippen molar-refractivity contribution in [2.45, 2.75) is 55.5 Å². The van der Waals surface area contributed by atoms with Gasteiger partial charge < -0.3 is 26.8 Å². The standard InChI is InChI=1S/C26H34N6O6S/c27-26(28)29-15-5-4-10-23(33)30-19-13-11-18(12-14-19)17-21(25(35)36)31-24(34)22-9-6-16-32(22)39(37,38)20-7-2-1-3-8-20/h1-3,7-8,11-14,21-22H,4-6,9-10,15-17H2,(H,30,33)(H,31,34)(H,35,36)(H4,27,28,29)/t21-,22-/m0/s1. The molecule has 12 nitrogen and oxygen atoms in total. The van der Waals surface area contributed by atoms with Gasteiger partial charge in [-0.1, -0.05) is 30.3 Å². The number of hydrogen-bond donors (Lipinski definition) is 6. The minimum Gasteiger partial charge on any atom is -0.480 e. The molecule has 39 heavy (non-hydrogen) atoms. The summed E-state index contributed by atoms with van der Waals surface area (Å²) < 4.78 is 27.3. The summed E-state index contributed by atoms with van der Waals surface area (Å²) in [6, 6.07) is 12.2. The fraction of sp³-hybridized carbons (Fsp3) is 0.385. The Morgan fingerprint density at radius 3 is 2.41 bits per heavy atom. The van der Waals surface area contributed by atoms with E-state index in [9.17, 15) is 27.9 Å². The third-order valence-corrected chi connectivity index (χ3v) is 8.22. The molecule has 0 unspecified atom stereocenters. The zero-order valence-electron chi connectivity index (χ0n) is 21.4. The van der Waals surface area contributed by atoms with Crippen LogP contribution in [0, 0.1) is 5.41 Å². The molecule has 2 aromatic carbocycles. The highest BCUT2D eigenvalue weighted by Gasteiger charge is 2.40. The number of benzene rings is 2. The summed E-state index contributed by atoms with van der Waals surface area (Å²) in [5.41, 5.74) is 6.38. The van der Waals surface area contributed by atoms with Gasteiger partial charge in [0.15, 0.2) is 5.96 Å². The van der Waals surface area contributed by atoms with Crippen LogP contribution in [0.2, 0.25) is 0 Å². The van der Waals surface area contributed by atoms with Gasteiger partial charge in [-0.2, -0.15) is 4.31 Å². The number of amides is 2. The van der Waals surface area contributed by atoms with E-state index in [1.807, 2.05) is 0 Å². The maximum atomic E-state index is 13.1. The summed E-state index contributed by atoms with van der Waals surface area (Å²) in [7, 11) is -3.90. The lowest BCUT2D eigenvalue weighted by atomic mass is 10.0. The lowest BCUT2D eigenvalue weighted by Gasteiger charge is -2.25. The van der Waals surface area contributed by atoms with Crippen molar-refractivity contribution in [2.75, 3.05) is 18.4 Å². The number of hydrogen-bond acceptors (Lipinski definition) is 6. The van der Waals surface area contributed by atoms with Crippen LogP contribution in [-0.4, -0.2) is 66.7 Å². The predicted octanol–water partition coefficient (Wildman–Crippen LogP) is 1.24. The Bertz CT molecular complexity index is 1270. The predicted molar refractivity (Wildman–Crippen MR) is 145 cm³/mol. The molecular formula is C26H34N6O6S. The highest BCUT2D eigenvalue weighted by molar-refractivity contribution is 7.89. The molecule has 210 valence electrons. The number of rotatable bonds is 13. The second kappa shape index (κ2) is 13.7. The molecular weight excluding hydrogens is 524 g/mol. The van der Waals surface area contributed by atoms with E-state index in [1.54, 1.807) is 42.5 Å². The fourth-order valence-corrected chi connectivity index (χ4v) is 5.98. The Hall–Kier alpha value is -3.97. The Kier molecular flexibility index (Phi) is 10.4. The van der Waals surface area contributed by atoms with Crippen LogP contribution in [0.1, 0.15) is 37.7 Å². The number of unbranched alkanes of at least 4 members (excludes halogenated alkanes) is 1. The number of guanidine groups is 1. The number of nitrogens with one attached hydrogen (secondary N) is 4. The number of aliphatic carboxylic acids is 1. The largest absolute Gasteiger partial charge is 0.480 e. The lowest BCUT2D eigenvalue weighted by molar-refractivity contribution is -0.142. The first kappa shape index (κ1) is 29.6. The minimum absolute atomic E-state index is 0.0173. The third kappa shape index (κ3) is 8.52. The van der Waals surface area contributed by atoms with E-state index in [0.717, 1.165) is 4.31 Å². The summed E-state index contributed by atoms with van der Waals surface area (Å²) in [4.78, 5) is 37.2. The van der Waals surface area contributed by atoms with E-state index in [0.29, 0.717) is 49.9 Å². The highest BCUT2D eigenvalue weighted by atomic mass is 32.2. The van der Waals surface area contributed by atoms with Crippen molar-refractivity contribution in [1.29, 1.82) is 5.41 Å². The normalized spacial score (nSPS) is 16.3. The third-order valence-electron chi connectivity index (χ3n) is 6.29. The van der Waals surface area contributed by atoms with Crippen LogP contribution in [0.15, 0.2) is 59.5 Å². The van der Waals surface area contributed by atoms with E-state index < -0.39 is 34.0 Å². The Morgan fingerprint density at radius 2 is 1.77 bits per heavy atom. The highest BCUT2D eigenvalue weighted by Crippen LogP contribution is 2.26. The van der Waals surface area contributed by atoms with Gasteiger partial charge in [-0.3, -0.25) is 15.0 Å². The number of nitrogens with two attached hydrogens (primary N) is 1. The van der Waals surface area contributed by atoms with Crippen molar-refractivity contribution in [3.63, 3.8) is 0 Å². The molecule has 1 heterocycles. The molecule has 0 saturated carbocycles. The first-order chi connectivity index (χ1) is 18.6. The number of carboxylic acid groups (broad SMARTS) is 1. The molecule has 1 fully saturated rings. The van der Waals surface area contributed by atoms with Crippen LogP contribution in [0.3, 0.4) is 0 Å². The topological polar surface area (TPSA) is 195 Å². The molecule has 2 aromatic rings. The molecule has 0 aromatic heterocycles. The van der Waals surface area contributed by atoms with Gasteiger partial charge in [0.25, 0.3) is 0 Å². The van der Waals surface area contributed by atoms with Crippen molar-refractivity contribution in [3.8, 4) is 0 Å². The van der Waals surface area contributed by atoms with Gasteiger partial charge in [0.2, 0.25) is 21.8 Å². The molecule has 0 radical (unpaired) electrons. The number of carboxylic acids is 1. The van der Waals surface area contributed by atoms with Gasteiger partial charge in [-0.25, -0.2) is 13.2 Å². The molecule has 1 aliphatic rings. The van der Waals surface area contributed by atoms with Gasteiger partial charge in [-0.05, 0) is 55.5 Å². The van der Waals surface area contributed by atoms with Crippen LogP contribution in [0.25, 0.3) is 0 Å². The number of carbonyl (C=O) groups excluding carboxylic acids is 2. The fourth-order valence-electron chi connectivity index (χ4n) is 4.30. The van der Waals surface area contributed by atoms with Crippen molar-refractivity contribution in [3.05, 3.63) is 60.2 Å². The number of sulfonamides is 1. The van der Waals surface area contributed by atoms with Crippen LogP contribution >= 0.6 is 0 Å². The maximum absolute atomic E-state index is 13.1. The van der Waals surface area contributed by atoms with Gasteiger partial charge in [-0.15, -0.1) is 0 Å². The summed E-state index contributed by atoms with van der Waals surface area (Å²) in [6.07, 6.45) is 2.37. The zero-order chi connectivity index (χ0) is 28.4. The van der Waals surface area contributed by atoms with Crippen LogP contribution in [0.5, 0.6) is 0 Å². The van der Waals surface area contributed by atoms with E-state index >= 15 is 0 Å². The van der Waals surface area contributed by atoms with Gasteiger partial charge in [0.05, 0.1) is 4.90 Å². The average Bonchev–Trinajstić information content (AvgIpc) is 3.41. The van der Waals surface area contributed by atoms with Gasteiger partial charge in [0.1, 0.15) is 12.1 Å². The quantitative estimate of drug-likeness (QED) is 0.120. The summed E-state index contributed by atoms with van der Waals surface area (Å²) in [5.74, 6) is -2.18. The Morgan fingerprint density at radius 1 is 1.08 bits per heavy atom. The van der Waals surface area contributed by atoms with Crippen LogP contribution < -0.4 is 21.7 Å². The summed E-state index contributed by atoms with van der Waals surface area (Å²) in [6.45, 7) is 0.690. The SMILES string of the molecule is N=C(N)NCCCCC(=O)Nc1ccc(C[C@H](NC(=O)[C@@H]2CCCN2S(=O)(=O)c2ccccc2)C(=O)O)cc1. The molecule has 13 heteroatoms. The second-order valence-corrected chi connectivity index (χ2v) is 11.1. The zero-order valence-corrected chi connectivity index (χ0v) is 22.2. The van der Waals surface area contributed by atoms with Crippen molar-refractivity contribution in [2.24, 2.45) is 5.73 Å². The number of nitrogens with zero attached hydrogens (tertiary/aromatic N) is 1. The van der Waals surface area contributed by atoms with E-state index in [-0.39, 0.29) is 29.7 Å². The summed E-state index contributed by atoms with van der Waals surface area (Å²) in [5, 5.41) is 24.8. The first-order valence-electron chi connectivity index (χ1n) is 12.6. The van der Waals surface area contributed by atoms with E-state index in [2.05, 4.69) is 16.0 Å². The number of anilines is 1. The molecule has 1 saturated heterocycles. The second-order valence-electron chi connectivity index (χ2n) is 9.23. The molecule has 3 rings (SSSR count). The molecule has 0 spiro atoms.